The van der Waals surface area contributed by atoms with E-state index in [0.29, 0.717) is 19.0 Å². The van der Waals surface area contributed by atoms with Crippen molar-refractivity contribution in [2.24, 2.45) is 5.92 Å². The molecular weight excluding hydrogens is 396 g/mol. The second kappa shape index (κ2) is 8.58. The molecule has 30 heavy (non-hydrogen) atoms. The maximum absolute atomic E-state index is 13.0. The van der Waals surface area contributed by atoms with Crippen molar-refractivity contribution < 1.29 is 14.3 Å². The Hall–Kier alpha value is -2.70. The molecule has 2 aliphatic heterocycles. The fourth-order valence-corrected chi connectivity index (χ4v) is 4.92. The van der Waals surface area contributed by atoms with Crippen molar-refractivity contribution in [1.29, 1.82) is 0 Å². The highest BCUT2D eigenvalue weighted by Gasteiger charge is 2.27. The zero-order valence-electron chi connectivity index (χ0n) is 16.8. The number of nitrogens with zero attached hydrogens (tertiary/aromatic N) is 2. The van der Waals surface area contributed by atoms with Gasteiger partial charge in [0.25, 0.3) is 0 Å². The predicted octanol–water partition coefficient (Wildman–Crippen LogP) is 4.68. The molecule has 0 aliphatic carbocycles. The van der Waals surface area contributed by atoms with Gasteiger partial charge in [0.15, 0.2) is 17.3 Å². The number of rotatable bonds is 5. The molecule has 0 spiro atoms. The summed E-state index contributed by atoms with van der Waals surface area (Å²) >= 11 is 1.69. The Bertz CT molecular complexity index is 1030. The van der Waals surface area contributed by atoms with Crippen LogP contribution in [0.15, 0.2) is 53.9 Å². The van der Waals surface area contributed by atoms with Gasteiger partial charge in [-0.1, -0.05) is 30.3 Å². The molecular formula is C24H24N2O3S. The van der Waals surface area contributed by atoms with Crippen molar-refractivity contribution >= 4 is 17.1 Å². The third-order valence-corrected chi connectivity index (χ3v) is 6.68. The lowest BCUT2D eigenvalue weighted by Gasteiger charge is -2.30. The van der Waals surface area contributed by atoms with Gasteiger partial charge in [0.05, 0.1) is 5.69 Å². The molecule has 2 aliphatic rings. The predicted molar refractivity (Wildman–Crippen MR) is 117 cm³/mol. The molecule has 0 bridgehead atoms. The zero-order chi connectivity index (χ0) is 20.3. The van der Waals surface area contributed by atoms with Crippen LogP contribution in [0.3, 0.4) is 0 Å². The number of carbonyl (C=O) groups is 1. The summed E-state index contributed by atoms with van der Waals surface area (Å²) < 4.78 is 11.2. The third-order valence-electron chi connectivity index (χ3n) is 5.74. The van der Waals surface area contributed by atoms with Gasteiger partial charge in [-0.05, 0) is 44.1 Å². The molecule has 0 unspecified atom stereocenters. The molecule has 2 aromatic carbocycles. The molecule has 1 aromatic heterocycles. The molecule has 3 heterocycles. The first kappa shape index (κ1) is 19.3. The van der Waals surface area contributed by atoms with Crippen LogP contribution >= 0.6 is 11.3 Å². The third kappa shape index (κ3) is 4.11. The van der Waals surface area contributed by atoms with Gasteiger partial charge in [-0.2, -0.15) is 0 Å². The molecule has 0 N–H and O–H groups in total. The van der Waals surface area contributed by atoms with Gasteiger partial charge in [-0.25, -0.2) is 4.98 Å². The van der Waals surface area contributed by atoms with Crippen LogP contribution in [0.5, 0.6) is 11.5 Å². The van der Waals surface area contributed by atoms with Crippen molar-refractivity contribution in [1.82, 2.24) is 9.88 Å². The highest BCUT2D eigenvalue weighted by molar-refractivity contribution is 7.13. The summed E-state index contributed by atoms with van der Waals surface area (Å²) in [5.74, 6) is 1.69. The Kier molecular flexibility index (Phi) is 5.51. The van der Waals surface area contributed by atoms with E-state index < -0.39 is 0 Å². The summed E-state index contributed by atoms with van der Waals surface area (Å²) in [6.45, 7) is 3.77. The number of Topliss-reactive ketones (excluding diaryl/α,β-unsaturated/α-hetero) is 1. The summed E-state index contributed by atoms with van der Waals surface area (Å²) in [6.07, 6.45) is 1.76. The number of piperidine rings is 1. The number of likely N-dealkylation sites (tertiary alicyclic amines) is 1. The Morgan fingerprint density at radius 1 is 1.03 bits per heavy atom. The van der Waals surface area contributed by atoms with Gasteiger partial charge in [-0.15, -0.1) is 11.3 Å². The lowest BCUT2D eigenvalue weighted by molar-refractivity contribution is 0.0833. The van der Waals surface area contributed by atoms with Crippen LogP contribution in [-0.2, 0) is 6.54 Å². The fraction of sp³-hybridized carbons (Fsp3) is 0.333. The minimum absolute atomic E-state index is 0.0686. The highest BCUT2D eigenvalue weighted by Crippen LogP contribution is 2.33. The number of aromatic nitrogens is 1. The van der Waals surface area contributed by atoms with Crippen LogP contribution in [0.4, 0.5) is 0 Å². The zero-order valence-corrected chi connectivity index (χ0v) is 17.6. The van der Waals surface area contributed by atoms with E-state index in [4.69, 9.17) is 14.5 Å². The highest BCUT2D eigenvalue weighted by atomic mass is 32.1. The average Bonchev–Trinajstić information content (AvgIpc) is 3.28. The van der Waals surface area contributed by atoms with Crippen molar-refractivity contribution in [3.05, 3.63) is 65.2 Å². The molecule has 3 aromatic rings. The number of benzene rings is 2. The first-order valence-corrected chi connectivity index (χ1v) is 11.3. The molecule has 1 saturated heterocycles. The Labute approximate surface area is 180 Å². The van der Waals surface area contributed by atoms with E-state index in [1.54, 1.807) is 11.3 Å². The van der Waals surface area contributed by atoms with Crippen LogP contribution in [-0.4, -0.2) is 42.0 Å². The van der Waals surface area contributed by atoms with Crippen LogP contribution in [0.1, 0.15) is 28.9 Å². The van der Waals surface area contributed by atoms with Crippen LogP contribution in [0.25, 0.3) is 10.6 Å². The van der Waals surface area contributed by atoms with E-state index in [9.17, 15) is 4.79 Å². The number of fused-ring (bicyclic) bond motifs is 1. The number of ketones is 1. The van der Waals surface area contributed by atoms with Gasteiger partial charge in [-0.3, -0.25) is 9.69 Å². The second-order valence-corrected chi connectivity index (χ2v) is 8.64. The van der Waals surface area contributed by atoms with Gasteiger partial charge in [0.2, 0.25) is 0 Å². The van der Waals surface area contributed by atoms with Crippen molar-refractivity contribution in [2.45, 2.75) is 19.4 Å². The smallest absolute Gasteiger partial charge is 0.166 e. The quantitative estimate of drug-likeness (QED) is 0.561. The summed E-state index contributed by atoms with van der Waals surface area (Å²) in [4.78, 5) is 20.2. The topological polar surface area (TPSA) is 51.7 Å². The van der Waals surface area contributed by atoms with Crippen LogP contribution < -0.4 is 9.47 Å². The normalized spacial score (nSPS) is 17.1. The van der Waals surface area contributed by atoms with Gasteiger partial charge in [0.1, 0.15) is 18.2 Å². The number of hydrogen-bond acceptors (Lipinski definition) is 6. The molecule has 0 saturated carbocycles. The summed E-state index contributed by atoms with van der Waals surface area (Å²) in [6, 6.07) is 15.8. The molecule has 0 radical (unpaired) electrons. The van der Waals surface area contributed by atoms with Crippen LogP contribution in [0.2, 0.25) is 0 Å². The lowest BCUT2D eigenvalue weighted by Crippen LogP contribution is -2.36. The Morgan fingerprint density at radius 3 is 2.60 bits per heavy atom. The van der Waals surface area contributed by atoms with E-state index in [1.807, 2.05) is 36.4 Å². The Balaban J connectivity index is 1.18. The Morgan fingerprint density at radius 2 is 1.80 bits per heavy atom. The number of hydrogen-bond donors (Lipinski definition) is 0. The van der Waals surface area contributed by atoms with E-state index >= 15 is 0 Å². The summed E-state index contributed by atoms with van der Waals surface area (Å²) in [5.41, 5.74) is 3.00. The molecule has 154 valence electrons. The molecule has 0 amide bonds. The van der Waals surface area contributed by atoms with E-state index in [1.165, 1.54) is 0 Å². The maximum atomic E-state index is 13.0. The van der Waals surface area contributed by atoms with Crippen molar-refractivity contribution in [3.8, 4) is 22.1 Å². The standard InChI is InChI=1S/C24H24N2O3S/c27-23(19-6-7-21-22(14-19)29-13-12-28-21)17-8-10-26(11-9-17)15-20-16-30-24(25-20)18-4-2-1-3-5-18/h1-7,14,16-17H,8-13,15H2. The monoisotopic (exact) mass is 420 g/mol. The van der Waals surface area contributed by atoms with Gasteiger partial charge >= 0.3 is 0 Å². The first-order chi connectivity index (χ1) is 14.8. The van der Waals surface area contributed by atoms with E-state index in [-0.39, 0.29) is 11.7 Å². The number of thiazole rings is 1. The number of ether oxygens (including phenoxy) is 2. The summed E-state index contributed by atoms with van der Waals surface area (Å²) in [7, 11) is 0. The SMILES string of the molecule is O=C(c1ccc2c(c1)OCCO2)C1CCN(Cc2csc(-c3ccccc3)n2)CC1. The van der Waals surface area contributed by atoms with Gasteiger partial charge < -0.3 is 9.47 Å². The first-order valence-electron chi connectivity index (χ1n) is 10.4. The molecule has 5 rings (SSSR count). The second-order valence-electron chi connectivity index (χ2n) is 7.78. The maximum Gasteiger partial charge on any atom is 0.166 e. The molecule has 5 nitrogen and oxygen atoms in total. The summed E-state index contributed by atoms with van der Waals surface area (Å²) in [5, 5.41) is 3.21. The lowest BCUT2D eigenvalue weighted by atomic mass is 9.88. The van der Waals surface area contributed by atoms with Crippen molar-refractivity contribution in [2.75, 3.05) is 26.3 Å². The van der Waals surface area contributed by atoms with E-state index in [2.05, 4.69) is 22.4 Å². The number of carbonyl (C=O) groups excluding carboxylic acids is 1. The fourth-order valence-electron chi connectivity index (χ4n) is 4.11. The molecule has 1 fully saturated rings. The van der Waals surface area contributed by atoms with Crippen molar-refractivity contribution in [3.63, 3.8) is 0 Å². The van der Waals surface area contributed by atoms with E-state index in [0.717, 1.165) is 60.1 Å². The largest absolute Gasteiger partial charge is 0.486 e. The van der Waals surface area contributed by atoms with Crippen LogP contribution in [0, 0.1) is 5.92 Å². The van der Waals surface area contributed by atoms with Gasteiger partial charge in [0, 0.05) is 29.0 Å². The minimum Gasteiger partial charge on any atom is -0.486 e. The average molecular weight is 421 g/mol. The molecule has 0 atom stereocenters. The molecule has 6 heteroatoms. The minimum atomic E-state index is 0.0686.